The molecule has 1 nitrogen and oxygen atoms in total. The first-order valence-electron chi connectivity index (χ1n) is 18.3. The highest BCUT2D eigenvalue weighted by Crippen LogP contribution is 2.47. The quantitative estimate of drug-likeness (QED) is 0.115. The lowest BCUT2D eigenvalue weighted by Gasteiger charge is -2.21. The minimum atomic E-state index is 1.03. The summed E-state index contributed by atoms with van der Waals surface area (Å²) in [6.07, 6.45) is 8.92. The fourth-order valence-corrected chi connectivity index (χ4v) is 8.08. The van der Waals surface area contributed by atoms with Gasteiger partial charge < -0.3 is 0 Å². The molecule has 0 saturated carbocycles. The van der Waals surface area contributed by atoms with Crippen molar-refractivity contribution in [1.29, 1.82) is 0 Å². The number of unbranched alkanes of at least 4 members (excludes halogenated alkanes) is 2. The van der Waals surface area contributed by atoms with Gasteiger partial charge in [-0.2, -0.15) is 0 Å². The maximum Gasteiger partial charge on any atom is 0.0794 e. The second-order valence-corrected chi connectivity index (χ2v) is 13.7. The van der Waals surface area contributed by atoms with E-state index >= 15 is 0 Å². The van der Waals surface area contributed by atoms with E-state index in [1.54, 1.807) is 0 Å². The van der Waals surface area contributed by atoms with Crippen molar-refractivity contribution < 1.29 is 0 Å². The third-order valence-electron chi connectivity index (χ3n) is 10.7. The second-order valence-electron chi connectivity index (χ2n) is 13.7. The second kappa shape index (κ2) is 12.7. The van der Waals surface area contributed by atoms with Crippen LogP contribution < -0.4 is 0 Å². The van der Waals surface area contributed by atoms with Crippen LogP contribution in [0.5, 0.6) is 0 Å². The minimum Gasteiger partial charge on any atom is -0.246 e. The van der Waals surface area contributed by atoms with Crippen molar-refractivity contribution in [3.05, 3.63) is 125 Å². The zero-order chi connectivity index (χ0) is 32.8. The number of nitrogens with zero attached hydrogens (tertiary/aromatic N) is 1. The zero-order valence-electron chi connectivity index (χ0n) is 28.9. The summed E-state index contributed by atoms with van der Waals surface area (Å²) in [5.41, 5.74) is 10.6. The summed E-state index contributed by atoms with van der Waals surface area (Å²) >= 11 is 0. The van der Waals surface area contributed by atoms with Crippen LogP contribution in [0.3, 0.4) is 0 Å². The molecule has 1 aromatic heterocycles. The Bertz CT molecular complexity index is 2330. The smallest absolute Gasteiger partial charge is 0.0794 e. The fraction of sp³-hybridized carbons (Fsp3) is 0.255. The lowest BCUT2D eigenvalue weighted by atomic mass is 9.84. The zero-order valence-corrected chi connectivity index (χ0v) is 28.9. The van der Waals surface area contributed by atoms with Gasteiger partial charge in [0.15, 0.2) is 0 Å². The summed E-state index contributed by atoms with van der Waals surface area (Å²) in [5, 5.41) is 13.0. The SMILES string of the molecule is CCCCc1cc2c(-c3c4ccccc4cc4ccccc34)c3cc(CCCC)c4cc(CC)ccc4c3nc2c2ccc(CC)cc12. The fourth-order valence-electron chi connectivity index (χ4n) is 8.08. The van der Waals surface area contributed by atoms with Crippen molar-refractivity contribution in [2.75, 3.05) is 0 Å². The Balaban J connectivity index is 1.65. The molecule has 7 aromatic carbocycles. The van der Waals surface area contributed by atoms with Gasteiger partial charge in [0.1, 0.15) is 0 Å². The van der Waals surface area contributed by atoms with E-state index in [1.165, 1.54) is 113 Å². The molecule has 0 fully saturated rings. The van der Waals surface area contributed by atoms with E-state index < -0.39 is 0 Å². The van der Waals surface area contributed by atoms with Crippen molar-refractivity contribution in [2.24, 2.45) is 0 Å². The molecule has 0 unspecified atom stereocenters. The highest BCUT2D eigenvalue weighted by molar-refractivity contribution is 6.27. The van der Waals surface area contributed by atoms with E-state index in [2.05, 4.69) is 131 Å². The number of hydrogen-bond acceptors (Lipinski definition) is 1. The lowest BCUT2D eigenvalue weighted by molar-refractivity contribution is 0.799. The molecule has 0 bridgehead atoms. The van der Waals surface area contributed by atoms with Crippen LogP contribution in [0.2, 0.25) is 0 Å². The molecule has 0 spiro atoms. The van der Waals surface area contributed by atoms with Gasteiger partial charge in [-0.05, 0) is 117 Å². The lowest BCUT2D eigenvalue weighted by Crippen LogP contribution is -1.99. The number of aromatic nitrogens is 1. The first-order valence-corrected chi connectivity index (χ1v) is 18.3. The number of pyridine rings is 1. The van der Waals surface area contributed by atoms with E-state index in [9.17, 15) is 0 Å². The van der Waals surface area contributed by atoms with Gasteiger partial charge in [-0.3, -0.25) is 0 Å². The molecule has 1 heteroatoms. The predicted octanol–water partition coefficient (Wildman–Crippen LogP) is 13.5. The molecule has 0 aliphatic carbocycles. The van der Waals surface area contributed by atoms with Gasteiger partial charge in [-0.15, -0.1) is 0 Å². The Morgan fingerprint density at radius 2 is 0.875 bits per heavy atom. The van der Waals surface area contributed by atoms with Gasteiger partial charge in [-0.25, -0.2) is 4.98 Å². The summed E-state index contributed by atoms with van der Waals surface area (Å²) in [4.78, 5) is 5.73. The highest BCUT2D eigenvalue weighted by Gasteiger charge is 2.22. The topological polar surface area (TPSA) is 12.9 Å². The molecule has 0 atom stereocenters. The van der Waals surface area contributed by atoms with E-state index in [-0.39, 0.29) is 0 Å². The van der Waals surface area contributed by atoms with E-state index in [4.69, 9.17) is 4.98 Å². The molecule has 48 heavy (non-hydrogen) atoms. The number of aryl methyl sites for hydroxylation is 4. The first kappa shape index (κ1) is 30.6. The van der Waals surface area contributed by atoms with E-state index in [0.29, 0.717) is 0 Å². The molecular formula is C47H45N. The summed E-state index contributed by atoms with van der Waals surface area (Å²) in [7, 11) is 0. The average Bonchev–Trinajstić information content (AvgIpc) is 3.14. The summed E-state index contributed by atoms with van der Waals surface area (Å²) in [6, 6.07) is 39.6. The van der Waals surface area contributed by atoms with Crippen molar-refractivity contribution >= 4 is 64.9 Å². The largest absolute Gasteiger partial charge is 0.246 e. The monoisotopic (exact) mass is 623 g/mol. The summed E-state index contributed by atoms with van der Waals surface area (Å²) in [5.74, 6) is 0. The number of hydrogen-bond donors (Lipinski definition) is 0. The maximum atomic E-state index is 5.73. The normalized spacial score (nSPS) is 12.0. The Morgan fingerprint density at radius 1 is 0.417 bits per heavy atom. The van der Waals surface area contributed by atoms with Crippen molar-refractivity contribution in [3.63, 3.8) is 0 Å². The third kappa shape index (κ3) is 5.03. The van der Waals surface area contributed by atoms with Gasteiger partial charge in [0, 0.05) is 27.1 Å². The van der Waals surface area contributed by atoms with Crippen LogP contribution >= 0.6 is 0 Å². The third-order valence-corrected chi connectivity index (χ3v) is 10.7. The molecule has 0 aliphatic heterocycles. The molecule has 0 saturated heterocycles. The summed E-state index contributed by atoms with van der Waals surface area (Å²) in [6.45, 7) is 9.12. The number of rotatable bonds is 9. The van der Waals surface area contributed by atoms with Gasteiger partial charge in [0.05, 0.1) is 11.0 Å². The van der Waals surface area contributed by atoms with Crippen LogP contribution in [0.4, 0.5) is 0 Å². The molecule has 0 amide bonds. The molecule has 238 valence electrons. The molecule has 0 radical (unpaired) electrons. The molecule has 0 N–H and O–H groups in total. The molecule has 0 aliphatic rings. The Morgan fingerprint density at radius 3 is 1.33 bits per heavy atom. The average molecular weight is 624 g/mol. The van der Waals surface area contributed by atoms with E-state index in [0.717, 1.165) is 36.7 Å². The van der Waals surface area contributed by atoms with Gasteiger partial charge in [-0.1, -0.05) is 125 Å². The number of fused-ring (bicyclic) bond motifs is 8. The standard InChI is InChI=1S/C47H45N/c1-5-9-15-34-28-42-45(44-36-19-13-11-17-32(36)27-33-18-12-14-20-37(33)44)43-29-35(16-10-6-2)41-26-31(8-4)22-24-39(41)47(43)48-46(42)38-23-21-30(7-3)25-40(34)38/h11-14,17-29H,5-10,15-16H2,1-4H3. The summed E-state index contributed by atoms with van der Waals surface area (Å²) < 4.78 is 0. The number of benzene rings is 7. The van der Waals surface area contributed by atoms with Crippen LogP contribution in [0, 0.1) is 0 Å². The Hall–Kier alpha value is -4.75. The predicted molar refractivity (Wildman–Crippen MR) is 211 cm³/mol. The van der Waals surface area contributed by atoms with E-state index in [1.807, 2.05) is 0 Å². The molecule has 1 heterocycles. The van der Waals surface area contributed by atoms with Crippen LogP contribution in [0.25, 0.3) is 76.0 Å². The first-order chi connectivity index (χ1) is 23.6. The maximum absolute atomic E-state index is 5.73. The van der Waals surface area contributed by atoms with Crippen molar-refractivity contribution in [3.8, 4) is 11.1 Å². The highest BCUT2D eigenvalue weighted by atomic mass is 14.7. The van der Waals surface area contributed by atoms with Crippen LogP contribution in [-0.4, -0.2) is 4.98 Å². The Labute approximate surface area is 284 Å². The molecule has 8 rings (SSSR count). The van der Waals surface area contributed by atoms with Crippen LogP contribution in [0.15, 0.2) is 103 Å². The minimum absolute atomic E-state index is 1.03. The van der Waals surface area contributed by atoms with Crippen LogP contribution in [0.1, 0.15) is 75.6 Å². The van der Waals surface area contributed by atoms with Crippen molar-refractivity contribution in [1.82, 2.24) is 4.98 Å². The van der Waals surface area contributed by atoms with Gasteiger partial charge in [0.25, 0.3) is 0 Å². The van der Waals surface area contributed by atoms with Crippen LogP contribution in [-0.2, 0) is 25.7 Å². The van der Waals surface area contributed by atoms with Gasteiger partial charge in [0.2, 0.25) is 0 Å². The molecule has 8 aromatic rings. The van der Waals surface area contributed by atoms with Crippen molar-refractivity contribution in [2.45, 2.75) is 79.1 Å². The Kier molecular flexibility index (Phi) is 8.09. The molecular weight excluding hydrogens is 579 g/mol. The van der Waals surface area contributed by atoms with Gasteiger partial charge >= 0.3 is 0 Å².